The van der Waals surface area contributed by atoms with Crippen molar-refractivity contribution in [2.45, 2.75) is 32.7 Å². The maximum Gasteiger partial charge on any atom is 0.346 e. The molecule has 2 aromatic carbocycles. The van der Waals surface area contributed by atoms with Gasteiger partial charge in [0.25, 0.3) is 0 Å². The quantitative estimate of drug-likeness (QED) is 0.176. The van der Waals surface area contributed by atoms with Crippen molar-refractivity contribution in [1.29, 1.82) is 5.26 Å². The van der Waals surface area contributed by atoms with Gasteiger partial charge in [-0.2, -0.15) is 5.26 Å². The minimum Gasteiger partial charge on any atom is -0.477 e. The van der Waals surface area contributed by atoms with Gasteiger partial charge in [-0.05, 0) is 67.7 Å². The van der Waals surface area contributed by atoms with Crippen LogP contribution < -0.4 is 0 Å². The summed E-state index contributed by atoms with van der Waals surface area (Å²) in [4.78, 5) is 13.3. The van der Waals surface area contributed by atoms with Gasteiger partial charge in [-0.15, -0.1) is 11.3 Å². The number of rotatable bonds is 9. The maximum absolute atomic E-state index is 11.4. The summed E-state index contributed by atoms with van der Waals surface area (Å²) in [6.45, 7) is 3.75. The molecule has 0 bridgehead atoms. The number of nitrogens with zero attached hydrogens (tertiary/aromatic N) is 2. The number of aromatic nitrogens is 1. The standard InChI is InChI=1S/C27H26N2O3S/c1-3-29-23-10-5-4-9-21(23)22-14-19(11-12-24(22)29)25-15-18(8-6-7-13-32-2)26(33-25)16-20(17-28)27(30)31/h4-5,9-12,14-16H,3,6-8,13H2,1-2H3,(H,30,31)/b20-16+. The number of methoxy groups -OCH3 is 1. The molecule has 0 spiro atoms. The van der Waals surface area contributed by atoms with Crippen molar-refractivity contribution >= 4 is 45.2 Å². The molecule has 168 valence electrons. The van der Waals surface area contributed by atoms with E-state index in [0.717, 1.165) is 46.7 Å². The SMILES string of the molecule is CCn1c2ccccc2c2cc(-c3cc(CCCCOC)c(/C=C(\C#N)C(=O)O)s3)ccc21. The number of thiophene rings is 1. The average molecular weight is 459 g/mol. The van der Waals surface area contributed by atoms with E-state index in [9.17, 15) is 15.2 Å². The van der Waals surface area contributed by atoms with Gasteiger partial charge in [0, 0.05) is 51.8 Å². The van der Waals surface area contributed by atoms with Gasteiger partial charge in [0.2, 0.25) is 0 Å². The first kappa shape index (κ1) is 22.8. The first-order valence-electron chi connectivity index (χ1n) is 11.1. The molecule has 0 aliphatic carbocycles. The van der Waals surface area contributed by atoms with Crippen LogP contribution >= 0.6 is 11.3 Å². The second-order valence-electron chi connectivity index (χ2n) is 7.92. The highest BCUT2D eigenvalue weighted by atomic mass is 32.1. The van der Waals surface area contributed by atoms with Crippen LogP contribution in [0.3, 0.4) is 0 Å². The largest absolute Gasteiger partial charge is 0.477 e. The Hall–Kier alpha value is -3.40. The molecule has 1 N–H and O–H groups in total. The summed E-state index contributed by atoms with van der Waals surface area (Å²) in [7, 11) is 1.69. The zero-order valence-electron chi connectivity index (χ0n) is 18.8. The number of aliphatic carboxylic acids is 1. The highest BCUT2D eigenvalue weighted by Gasteiger charge is 2.15. The fourth-order valence-electron chi connectivity index (χ4n) is 4.29. The molecule has 5 nitrogen and oxygen atoms in total. The fourth-order valence-corrected chi connectivity index (χ4v) is 5.44. The summed E-state index contributed by atoms with van der Waals surface area (Å²) >= 11 is 1.54. The number of fused-ring (bicyclic) bond motifs is 3. The highest BCUT2D eigenvalue weighted by Crippen LogP contribution is 2.37. The van der Waals surface area contributed by atoms with E-state index in [4.69, 9.17) is 4.74 Å². The van der Waals surface area contributed by atoms with Crippen molar-refractivity contribution in [1.82, 2.24) is 4.57 Å². The molecule has 0 fully saturated rings. The summed E-state index contributed by atoms with van der Waals surface area (Å²) in [6.07, 6.45) is 4.17. The van der Waals surface area contributed by atoms with Gasteiger partial charge in [0.05, 0.1) is 0 Å². The molecule has 33 heavy (non-hydrogen) atoms. The summed E-state index contributed by atoms with van der Waals surface area (Å²) in [6, 6.07) is 18.9. The molecule has 2 aromatic heterocycles. The number of unbranched alkanes of at least 4 members (excludes halogenated alkanes) is 1. The number of aryl methyl sites for hydroxylation is 2. The predicted molar refractivity (Wildman–Crippen MR) is 134 cm³/mol. The van der Waals surface area contributed by atoms with Crippen LogP contribution in [-0.2, 0) is 22.5 Å². The third kappa shape index (κ3) is 4.56. The minimum atomic E-state index is -1.20. The normalized spacial score (nSPS) is 11.8. The van der Waals surface area contributed by atoms with Gasteiger partial charge in [0.1, 0.15) is 11.6 Å². The van der Waals surface area contributed by atoms with Crippen LogP contribution in [0.5, 0.6) is 0 Å². The van der Waals surface area contributed by atoms with Crippen LogP contribution in [0.15, 0.2) is 54.1 Å². The number of para-hydroxylation sites is 1. The van der Waals surface area contributed by atoms with Crippen LogP contribution in [0, 0.1) is 11.3 Å². The smallest absolute Gasteiger partial charge is 0.346 e. The molecule has 6 heteroatoms. The molecule has 0 amide bonds. The van der Waals surface area contributed by atoms with Crippen LogP contribution in [0.4, 0.5) is 0 Å². The Morgan fingerprint density at radius 3 is 2.67 bits per heavy atom. The Labute approximate surface area is 197 Å². The van der Waals surface area contributed by atoms with Crippen LogP contribution in [0.25, 0.3) is 38.3 Å². The van der Waals surface area contributed by atoms with E-state index < -0.39 is 5.97 Å². The molecule has 2 heterocycles. The molecule has 0 aliphatic heterocycles. The van der Waals surface area contributed by atoms with E-state index in [1.807, 2.05) is 0 Å². The predicted octanol–water partition coefficient (Wildman–Crippen LogP) is 6.50. The number of carbonyl (C=O) groups is 1. The molecule has 0 atom stereocenters. The molecule has 0 radical (unpaired) electrons. The molecular formula is C27H26N2O3S. The second-order valence-corrected chi connectivity index (χ2v) is 9.00. The van der Waals surface area contributed by atoms with Crippen molar-refractivity contribution in [3.05, 3.63) is 64.5 Å². The second kappa shape index (κ2) is 10.0. The third-order valence-corrected chi connectivity index (χ3v) is 7.06. The van der Waals surface area contributed by atoms with Gasteiger partial charge in [-0.3, -0.25) is 0 Å². The topological polar surface area (TPSA) is 75.2 Å². The molecule has 4 rings (SSSR count). The highest BCUT2D eigenvalue weighted by molar-refractivity contribution is 7.16. The van der Waals surface area contributed by atoms with E-state index in [1.54, 1.807) is 13.2 Å². The Balaban J connectivity index is 1.80. The Bertz CT molecular complexity index is 1390. The summed E-state index contributed by atoms with van der Waals surface area (Å²) in [5.41, 5.74) is 4.34. The van der Waals surface area contributed by atoms with Gasteiger partial charge in [0.15, 0.2) is 0 Å². The summed E-state index contributed by atoms with van der Waals surface area (Å²) < 4.78 is 7.48. The number of hydrogen-bond donors (Lipinski definition) is 1. The summed E-state index contributed by atoms with van der Waals surface area (Å²) in [5.74, 6) is -1.20. The lowest BCUT2D eigenvalue weighted by molar-refractivity contribution is -0.132. The number of nitriles is 1. The minimum absolute atomic E-state index is 0.247. The maximum atomic E-state index is 11.4. The van der Waals surface area contributed by atoms with Crippen LogP contribution in [0.2, 0.25) is 0 Å². The Morgan fingerprint density at radius 2 is 1.94 bits per heavy atom. The van der Waals surface area contributed by atoms with E-state index in [-0.39, 0.29) is 5.57 Å². The molecular weight excluding hydrogens is 432 g/mol. The van der Waals surface area contributed by atoms with Crippen molar-refractivity contribution in [3.63, 3.8) is 0 Å². The first-order valence-corrected chi connectivity index (χ1v) is 11.9. The van der Waals surface area contributed by atoms with Gasteiger partial charge in [-0.1, -0.05) is 24.3 Å². The monoisotopic (exact) mass is 458 g/mol. The molecule has 0 aliphatic rings. The number of hydrogen-bond acceptors (Lipinski definition) is 4. The van der Waals surface area contributed by atoms with Crippen LogP contribution in [0.1, 0.15) is 30.2 Å². The third-order valence-electron chi connectivity index (χ3n) is 5.89. The van der Waals surface area contributed by atoms with E-state index in [0.29, 0.717) is 6.61 Å². The van der Waals surface area contributed by atoms with Gasteiger partial charge in [-0.25, -0.2) is 4.79 Å². The zero-order chi connectivity index (χ0) is 23.4. The number of ether oxygens (including phenoxy) is 1. The van der Waals surface area contributed by atoms with Crippen molar-refractivity contribution in [2.75, 3.05) is 13.7 Å². The van der Waals surface area contributed by atoms with Crippen molar-refractivity contribution < 1.29 is 14.6 Å². The zero-order valence-corrected chi connectivity index (χ0v) is 19.6. The lowest BCUT2D eigenvalue weighted by atomic mass is 10.0. The molecule has 0 saturated heterocycles. The Kier molecular flexibility index (Phi) is 6.93. The van der Waals surface area contributed by atoms with Crippen LogP contribution in [-0.4, -0.2) is 29.4 Å². The Morgan fingerprint density at radius 1 is 1.15 bits per heavy atom. The van der Waals surface area contributed by atoms with Gasteiger partial charge < -0.3 is 14.4 Å². The van der Waals surface area contributed by atoms with E-state index in [1.165, 1.54) is 39.2 Å². The van der Waals surface area contributed by atoms with E-state index >= 15 is 0 Å². The molecule has 4 aromatic rings. The number of carboxylic acids is 1. The number of benzene rings is 2. The van der Waals surface area contributed by atoms with Gasteiger partial charge >= 0.3 is 5.97 Å². The lowest BCUT2D eigenvalue weighted by Crippen LogP contribution is -1.97. The first-order chi connectivity index (χ1) is 16.1. The van der Waals surface area contributed by atoms with Crippen molar-refractivity contribution in [3.8, 4) is 16.5 Å². The van der Waals surface area contributed by atoms with Crippen molar-refractivity contribution in [2.24, 2.45) is 0 Å². The fraction of sp³-hybridized carbons (Fsp3) is 0.259. The lowest BCUT2D eigenvalue weighted by Gasteiger charge is -2.03. The molecule has 0 unspecified atom stereocenters. The summed E-state index contributed by atoms with van der Waals surface area (Å²) in [5, 5.41) is 21.0. The average Bonchev–Trinajstić information content (AvgIpc) is 3.38. The molecule has 0 saturated carbocycles. The van der Waals surface area contributed by atoms with E-state index in [2.05, 4.69) is 60.0 Å². The number of carboxylic acid groups (broad SMARTS) is 1.